The average Bonchev–Trinajstić information content (AvgIpc) is 2.46. The number of ether oxygens (including phenoxy) is 2. The fourth-order valence-electron chi connectivity index (χ4n) is 1.73. The lowest BCUT2D eigenvalue weighted by atomic mass is 10.2. The van der Waals surface area contributed by atoms with Crippen molar-refractivity contribution in [1.82, 2.24) is 0 Å². The van der Waals surface area contributed by atoms with Gasteiger partial charge in [0.1, 0.15) is 0 Å². The molecular weight excluding hydrogens is 288 g/mol. The molecule has 4 N–H and O–H groups in total. The Kier molecular flexibility index (Phi) is 7.61. The summed E-state index contributed by atoms with van der Waals surface area (Å²) in [6.45, 7) is 2.29. The quantitative estimate of drug-likeness (QED) is 0.609. The Morgan fingerprint density at radius 3 is 1.29 bits per heavy atom. The smallest absolute Gasteiger partial charge is 0.0718 e. The maximum Gasteiger partial charge on any atom is 0.0718 e. The zero-order valence-electron chi connectivity index (χ0n) is 11.8. The van der Waals surface area contributed by atoms with Crippen molar-refractivity contribution in [2.24, 2.45) is 0 Å². The summed E-state index contributed by atoms with van der Waals surface area (Å²) in [7, 11) is 0. The van der Waals surface area contributed by atoms with Gasteiger partial charge in [-0.3, -0.25) is 0 Å². The summed E-state index contributed by atoms with van der Waals surface area (Å²) in [6.07, 6.45) is 0. The molecule has 0 unspecified atom stereocenters. The van der Waals surface area contributed by atoms with Crippen LogP contribution in [0.25, 0.3) is 0 Å². The zero-order valence-corrected chi connectivity index (χ0v) is 12.6. The van der Waals surface area contributed by atoms with Crippen LogP contribution in [0.5, 0.6) is 0 Å². The molecule has 0 radical (unpaired) electrons. The second-order valence-corrected chi connectivity index (χ2v) is 4.59. The Labute approximate surface area is 131 Å². The third-order valence-electron chi connectivity index (χ3n) is 2.87. The molecule has 5 heteroatoms. The maximum absolute atomic E-state index is 5.62. The molecule has 0 aliphatic heterocycles. The highest BCUT2D eigenvalue weighted by Gasteiger charge is 1.95. The minimum absolute atomic E-state index is 0. The molecule has 0 amide bonds. The zero-order chi connectivity index (χ0) is 14.2. The van der Waals surface area contributed by atoms with Crippen LogP contribution in [0, 0.1) is 0 Å². The van der Waals surface area contributed by atoms with E-state index in [4.69, 9.17) is 20.9 Å². The number of hydrogen-bond acceptors (Lipinski definition) is 4. The van der Waals surface area contributed by atoms with Crippen molar-refractivity contribution < 1.29 is 9.47 Å². The molecule has 0 aromatic heterocycles. The standard InChI is InChI=1S/C16H20N2O2.ClH/c17-15-5-1-13(2-6-15)11-19-9-10-20-12-14-3-7-16(18)8-4-14;/h1-8H,9-12,17-18H2;1H. The van der Waals surface area contributed by atoms with E-state index in [0.717, 1.165) is 22.5 Å². The molecule has 2 aromatic carbocycles. The average molecular weight is 309 g/mol. The highest BCUT2D eigenvalue weighted by molar-refractivity contribution is 5.85. The Hall–Kier alpha value is -1.75. The molecule has 114 valence electrons. The van der Waals surface area contributed by atoms with Crippen LogP contribution in [-0.4, -0.2) is 13.2 Å². The van der Waals surface area contributed by atoms with E-state index in [-0.39, 0.29) is 12.4 Å². The second kappa shape index (κ2) is 9.23. The number of halogens is 1. The molecule has 2 aromatic rings. The van der Waals surface area contributed by atoms with Crippen LogP contribution in [0.1, 0.15) is 11.1 Å². The van der Waals surface area contributed by atoms with Crippen molar-refractivity contribution in [3.8, 4) is 0 Å². The first-order valence-corrected chi connectivity index (χ1v) is 6.58. The van der Waals surface area contributed by atoms with Crippen LogP contribution in [0.15, 0.2) is 48.5 Å². The third kappa shape index (κ3) is 6.49. The third-order valence-corrected chi connectivity index (χ3v) is 2.87. The summed E-state index contributed by atoms with van der Waals surface area (Å²) in [4.78, 5) is 0. The summed E-state index contributed by atoms with van der Waals surface area (Å²) >= 11 is 0. The monoisotopic (exact) mass is 308 g/mol. The molecule has 0 fully saturated rings. The lowest BCUT2D eigenvalue weighted by Gasteiger charge is -2.06. The molecule has 2 rings (SSSR count). The van der Waals surface area contributed by atoms with Gasteiger partial charge >= 0.3 is 0 Å². The molecule has 0 saturated heterocycles. The van der Waals surface area contributed by atoms with E-state index < -0.39 is 0 Å². The molecule has 0 bridgehead atoms. The van der Waals surface area contributed by atoms with Gasteiger partial charge in [-0.25, -0.2) is 0 Å². The van der Waals surface area contributed by atoms with Crippen LogP contribution in [0.4, 0.5) is 11.4 Å². The van der Waals surface area contributed by atoms with Gasteiger partial charge < -0.3 is 20.9 Å². The Bertz CT molecular complexity index is 465. The van der Waals surface area contributed by atoms with E-state index in [1.54, 1.807) is 0 Å². The molecule has 0 heterocycles. The minimum Gasteiger partial charge on any atom is -0.399 e. The summed E-state index contributed by atoms with van der Waals surface area (Å²) in [6, 6.07) is 15.3. The number of hydrogen-bond donors (Lipinski definition) is 2. The molecule has 0 aliphatic carbocycles. The molecule has 0 spiro atoms. The Morgan fingerprint density at radius 2 is 0.952 bits per heavy atom. The first kappa shape index (κ1) is 17.3. The highest BCUT2D eigenvalue weighted by atomic mass is 35.5. The van der Waals surface area contributed by atoms with Crippen molar-refractivity contribution in [2.45, 2.75) is 13.2 Å². The summed E-state index contributed by atoms with van der Waals surface area (Å²) < 4.78 is 11.1. The number of nitrogen functional groups attached to an aromatic ring is 2. The van der Waals surface area contributed by atoms with Crippen LogP contribution in [0.3, 0.4) is 0 Å². The van der Waals surface area contributed by atoms with Gasteiger partial charge in [0.15, 0.2) is 0 Å². The van der Waals surface area contributed by atoms with Gasteiger partial charge in [0.05, 0.1) is 26.4 Å². The topological polar surface area (TPSA) is 70.5 Å². The van der Waals surface area contributed by atoms with E-state index in [1.807, 2.05) is 48.5 Å². The Balaban J connectivity index is 0.00000220. The first-order chi connectivity index (χ1) is 9.74. The van der Waals surface area contributed by atoms with E-state index in [0.29, 0.717) is 26.4 Å². The lowest BCUT2D eigenvalue weighted by Crippen LogP contribution is -2.04. The molecule has 0 aliphatic rings. The summed E-state index contributed by atoms with van der Waals surface area (Å²) in [5.74, 6) is 0. The largest absolute Gasteiger partial charge is 0.399 e. The van der Waals surface area contributed by atoms with Crippen molar-refractivity contribution in [1.29, 1.82) is 0 Å². The van der Waals surface area contributed by atoms with Crippen molar-refractivity contribution in [3.05, 3.63) is 59.7 Å². The first-order valence-electron chi connectivity index (χ1n) is 6.58. The van der Waals surface area contributed by atoms with Gasteiger partial charge in [0.2, 0.25) is 0 Å². The molecular formula is C16H21ClN2O2. The van der Waals surface area contributed by atoms with Gasteiger partial charge in [-0.2, -0.15) is 0 Å². The summed E-state index contributed by atoms with van der Waals surface area (Å²) in [5, 5.41) is 0. The number of anilines is 2. The fourth-order valence-corrected chi connectivity index (χ4v) is 1.73. The van der Waals surface area contributed by atoms with Crippen molar-refractivity contribution >= 4 is 23.8 Å². The minimum atomic E-state index is 0. The lowest BCUT2D eigenvalue weighted by molar-refractivity contribution is 0.0339. The van der Waals surface area contributed by atoms with Crippen LogP contribution < -0.4 is 11.5 Å². The normalized spacial score (nSPS) is 10.1. The Morgan fingerprint density at radius 1 is 0.619 bits per heavy atom. The van der Waals surface area contributed by atoms with Gasteiger partial charge in [-0.1, -0.05) is 24.3 Å². The molecule has 21 heavy (non-hydrogen) atoms. The van der Waals surface area contributed by atoms with Gasteiger partial charge in [-0.15, -0.1) is 12.4 Å². The predicted molar refractivity (Wildman–Crippen MR) is 88.3 cm³/mol. The van der Waals surface area contributed by atoms with Crippen molar-refractivity contribution in [2.75, 3.05) is 24.7 Å². The van der Waals surface area contributed by atoms with Crippen LogP contribution in [-0.2, 0) is 22.7 Å². The highest BCUT2D eigenvalue weighted by Crippen LogP contribution is 2.07. The number of rotatable bonds is 7. The van der Waals surface area contributed by atoms with E-state index in [2.05, 4.69) is 0 Å². The van der Waals surface area contributed by atoms with Crippen LogP contribution in [0.2, 0.25) is 0 Å². The molecule has 0 saturated carbocycles. The van der Waals surface area contributed by atoms with Gasteiger partial charge in [0.25, 0.3) is 0 Å². The predicted octanol–water partition coefficient (Wildman–Crippen LogP) is 3.01. The van der Waals surface area contributed by atoms with E-state index >= 15 is 0 Å². The number of nitrogens with two attached hydrogens (primary N) is 2. The molecule has 4 nitrogen and oxygen atoms in total. The second-order valence-electron chi connectivity index (χ2n) is 4.59. The van der Waals surface area contributed by atoms with Crippen LogP contribution >= 0.6 is 12.4 Å². The fraction of sp³-hybridized carbons (Fsp3) is 0.250. The van der Waals surface area contributed by atoms with E-state index in [1.165, 1.54) is 0 Å². The SMILES string of the molecule is Cl.Nc1ccc(COCCOCc2ccc(N)cc2)cc1. The van der Waals surface area contributed by atoms with Crippen molar-refractivity contribution in [3.63, 3.8) is 0 Å². The maximum atomic E-state index is 5.62. The van der Waals surface area contributed by atoms with Gasteiger partial charge in [0, 0.05) is 11.4 Å². The summed E-state index contributed by atoms with van der Waals surface area (Å²) in [5.41, 5.74) is 15.0. The van der Waals surface area contributed by atoms with Gasteiger partial charge in [-0.05, 0) is 35.4 Å². The number of benzene rings is 2. The molecule has 0 atom stereocenters. The van der Waals surface area contributed by atoms with E-state index in [9.17, 15) is 0 Å².